The van der Waals surface area contributed by atoms with Crippen LogP contribution in [0.2, 0.25) is 0 Å². The SMILES string of the molecule is c1nncc2sc(C3CCNC3)cc12. The van der Waals surface area contributed by atoms with Gasteiger partial charge in [0.25, 0.3) is 0 Å². The molecule has 0 saturated carbocycles. The molecule has 3 heterocycles. The van der Waals surface area contributed by atoms with E-state index in [1.54, 1.807) is 0 Å². The smallest absolute Gasteiger partial charge is 0.0674 e. The second-order valence-corrected chi connectivity index (χ2v) is 4.76. The highest BCUT2D eigenvalue weighted by molar-refractivity contribution is 7.19. The van der Waals surface area contributed by atoms with Gasteiger partial charge in [0.15, 0.2) is 0 Å². The molecule has 1 atom stereocenters. The van der Waals surface area contributed by atoms with Crippen LogP contribution < -0.4 is 5.32 Å². The molecular weight excluding hydrogens is 194 g/mol. The van der Waals surface area contributed by atoms with E-state index in [1.165, 1.54) is 21.4 Å². The highest BCUT2D eigenvalue weighted by Crippen LogP contribution is 2.32. The monoisotopic (exact) mass is 205 g/mol. The Morgan fingerprint density at radius 1 is 1.36 bits per heavy atom. The van der Waals surface area contributed by atoms with Gasteiger partial charge in [0, 0.05) is 22.7 Å². The van der Waals surface area contributed by atoms with Crippen molar-refractivity contribution in [2.45, 2.75) is 12.3 Å². The summed E-state index contributed by atoms with van der Waals surface area (Å²) < 4.78 is 1.25. The summed E-state index contributed by atoms with van der Waals surface area (Å²) in [5.74, 6) is 0.701. The van der Waals surface area contributed by atoms with Crippen molar-refractivity contribution < 1.29 is 0 Å². The van der Waals surface area contributed by atoms with Crippen molar-refractivity contribution in [2.24, 2.45) is 0 Å². The molecule has 1 aliphatic rings. The molecule has 2 aromatic rings. The van der Waals surface area contributed by atoms with E-state index in [9.17, 15) is 0 Å². The predicted molar refractivity (Wildman–Crippen MR) is 57.6 cm³/mol. The topological polar surface area (TPSA) is 37.8 Å². The van der Waals surface area contributed by atoms with Crippen LogP contribution in [-0.2, 0) is 0 Å². The zero-order chi connectivity index (χ0) is 9.38. The largest absolute Gasteiger partial charge is 0.316 e. The zero-order valence-electron chi connectivity index (χ0n) is 7.73. The van der Waals surface area contributed by atoms with Gasteiger partial charge in [-0.05, 0) is 19.0 Å². The van der Waals surface area contributed by atoms with Crippen LogP contribution in [-0.4, -0.2) is 23.3 Å². The van der Waals surface area contributed by atoms with Crippen molar-refractivity contribution in [3.63, 3.8) is 0 Å². The lowest BCUT2D eigenvalue weighted by molar-refractivity contribution is 0.779. The van der Waals surface area contributed by atoms with E-state index in [1.807, 2.05) is 23.7 Å². The van der Waals surface area contributed by atoms with E-state index in [0.29, 0.717) is 5.92 Å². The molecule has 0 radical (unpaired) electrons. The molecule has 0 aromatic carbocycles. The summed E-state index contributed by atoms with van der Waals surface area (Å²) in [5, 5.41) is 12.4. The molecule has 0 amide bonds. The van der Waals surface area contributed by atoms with Gasteiger partial charge in [-0.15, -0.1) is 11.3 Å². The maximum absolute atomic E-state index is 3.90. The molecule has 0 bridgehead atoms. The summed E-state index contributed by atoms with van der Waals surface area (Å²) in [6, 6.07) is 2.26. The van der Waals surface area contributed by atoms with Gasteiger partial charge in [-0.25, -0.2) is 0 Å². The molecule has 1 aliphatic heterocycles. The van der Waals surface area contributed by atoms with Crippen molar-refractivity contribution in [1.29, 1.82) is 0 Å². The van der Waals surface area contributed by atoms with Crippen LogP contribution in [0.3, 0.4) is 0 Å². The molecule has 3 nitrogen and oxygen atoms in total. The second kappa shape index (κ2) is 3.29. The van der Waals surface area contributed by atoms with Crippen molar-refractivity contribution in [2.75, 3.05) is 13.1 Å². The number of aromatic nitrogens is 2. The highest BCUT2D eigenvalue weighted by atomic mass is 32.1. The number of nitrogens with one attached hydrogen (secondary N) is 1. The number of rotatable bonds is 1. The quantitative estimate of drug-likeness (QED) is 0.771. The molecule has 1 fully saturated rings. The van der Waals surface area contributed by atoms with Gasteiger partial charge in [0.05, 0.1) is 17.1 Å². The van der Waals surface area contributed by atoms with E-state index in [0.717, 1.165) is 13.1 Å². The molecule has 1 N–H and O–H groups in total. The zero-order valence-corrected chi connectivity index (χ0v) is 8.55. The fourth-order valence-electron chi connectivity index (χ4n) is 1.92. The minimum absolute atomic E-state index is 0.701. The van der Waals surface area contributed by atoms with E-state index in [2.05, 4.69) is 21.6 Å². The molecule has 0 aliphatic carbocycles. The van der Waals surface area contributed by atoms with E-state index >= 15 is 0 Å². The first kappa shape index (κ1) is 8.32. The molecule has 14 heavy (non-hydrogen) atoms. The number of nitrogens with zero attached hydrogens (tertiary/aromatic N) is 2. The summed E-state index contributed by atoms with van der Waals surface area (Å²) in [6.45, 7) is 2.27. The minimum atomic E-state index is 0.701. The predicted octanol–water partition coefficient (Wildman–Crippen LogP) is 1.77. The first-order valence-electron chi connectivity index (χ1n) is 4.84. The average Bonchev–Trinajstić information content (AvgIpc) is 2.86. The van der Waals surface area contributed by atoms with Crippen LogP contribution in [0.15, 0.2) is 18.5 Å². The summed E-state index contributed by atoms with van der Waals surface area (Å²) in [5.41, 5.74) is 0. The maximum atomic E-state index is 3.90. The molecule has 3 rings (SSSR count). The Balaban J connectivity index is 2.05. The molecule has 1 saturated heterocycles. The van der Waals surface area contributed by atoms with Crippen molar-refractivity contribution in [1.82, 2.24) is 15.5 Å². The van der Waals surface area contributed by atoms with E-state index < -0.39 is 0 Å². The summed E-state index contributed by atoms with van der Waals surface area (Å²) in [6.07, 6.45) is 4.96. The van der Waals surface area contributed by atoms with Crippen LogP contribution >= 0.6 is 11.3 Å². The highest BCUT2D eigenvalue weighted by Gasteiger charge is 2.18. The molecule has 72 valence electrons. The summed E-state index contributed by atoms with van der Waals surface area (Å²) in [4.78, 5) is 1.47. The third kappa shape index (κ3) is 1.31. The Morgan fingerprint density at radius 2 is 2.29 bits per heavy atom. The van der Waals surface area contributed by atoms with Crippen molar-refractivity contribution in [3.8, 4) is 0 Å². The van der Waals surface area contributed by atoms with Gasteiger partial charge in [-0.3, -0.25) is 0 Å². The fourth-order valence-corrected chi connectivity index (χ4v) is 3.06. The Hall–Kier alpha value is -1.00. The van der Waals surface area contributed by atoms with Crippen LogP contribution in [0.4, 0.5) is 0 Å². The third-order valence-corrected chi connectivity index (χ3v) is 3.96. The van der Waals surface area contributed by atoms with Gasteiger partial charge in [0.2, 0.25) is 0 Å². The molecule has 2 aromatic heterocycles. The first-order chi connectivity index (χ1) is 6.93. The second-order valence-electron chi connectivity index (χ2n) is 3.65. The maximum Gasteiger partial charge on any atom is 0.0674 e. The average molecular weight is 205 g/mol. The first-order valence-corrected chi connectivity index (χ1v) is 5.66. The van der Waals surface area contributed by atoms with Crippen LogP contribution in [0.5, 0.6) is 0 Å². The molecule has 4 heteroatoms. The van der Waals surface area contributed by atoms with Crippen molar-refractivity contribution >= 4 is 21.4 Å². The van der Waals surface area contributed by atoms with Crippen LogP contribution in [0, 0.1) is 0 Å². The Labute approximate surface area is 86.2 Å². The normalized spacial score (nSPS) is 21.9. The number of thiophene rings is 1. The van der Waals surface area contributed by atoms with Crippen LogP contribution in [0.25, 0.3) is 10.1 Å². The number of fused-ring (bicyclic) bond motifs is 1. The van der Waals surface area contributed by atoms with Gasteiger partial charge in [0.1, 0.15) is 0 Å². The van der Waals surface area contributed by atoms with E-state index in [-0.39, 0.29) is 0 Å². The van der Waals surface area contributed by atoms with Gasteiger partial charge >= 0.3 is 0 Å². The molecule has 0 spiro atoms. The number of hydrogen-bond donors (Lipinski definition) is 1. The van der Waals surface area contributed by atoms with E-state index in [4.69, 9.17) is 0 Å². The van der Waals surface area contributed by atoms with Gasteiger partial charge in [-0.2, -0.15) is 10.2 Å². The van der Waals surface area contributed by atoms with Gasteiger partial charge in [-0.1, -0.05) is 0 Å². The third-order valence-electron chi connectivity index (χ3n) is 2.71. The van der Waals surface area contributed by atoms with Gasteiger partial charge < -0.3 is 5.32 Å². The Kier molecular flexibility index (Phi) is 1.96. The molecule has 1 unspecified atom stereocenters. The fraction of sp³-hybridized carbons (Fsp3) is 0.400. The molecular formula is C10H11N3S. The summed E-state index contributed by atoms with van der Waals surface area (Å²) >= 11 is 1.85. The Bertz CT molecular complexity index is 412. The summed E-state index contributed by atoms with van der Waals surface area (Å²) in [7, 11) is 0. The lowest BCUT2D eigenvalue weighted by Gasteiger charge is -2.02. The minimum Gasteiger partial charge on any atom is -0.316 e. The lowest BCUT2D eigenvalue weighted by Crippen LogP contribution is -2.07. The van der Waals surface area contributed by atoms with Crippen molar-refractivity contribution in [3.05, 3.63) is 23.3 Å². The Morgan fingerprint density at radius 3 is 3.07 bits per heavy atom. The number of hydrogen-bond acceptors (Lipinski definition) is 4. The van der Waals surface area contributed by atoms with Crippen LogP contribution in [0.1, 0.15) is 17.2 Å². The standard InChI is InChI=1S/C10H11N3S/c1-2-11-4-7(1)9-3-8-5-12-13-6-10(8)14-9/h3,5-7,11H,1-2,4H2. The lowest BCUT2D eigenvalue weighted by atomic mass is 10.1.